The lowest BCUT2D eigenvalue weighted by molar-refractivity contribution is 0.195. The molecule has 3 rings (SSSR count). The number of nitrogens with zero attached hydrogens (tertiary/aromatic N) is 3. The molecule has 0 atom stereocenters. The quantitative estimate of drug-likeness (QED) is 0.920. The lowest BCUT2D eigenvalue weighted by Gasteiger charge is -2.34. The monoisotopic (exact) mass is 354 g/mol. The van der Waals surface area contributed by atoms with Gasteiger partial charge in [0, 0.05) is 32.7 Å². The van der Waals surface area contributed by atoms with E-state index in [1.54, 1.807) is 18.4 Å². The summed E-state index contributed by atoms with van der Waals surface area (Å²) in [6.07, 6.45) is 0. The zero-order valence-corrected chi connectivity index (χ0v) is 14.7. The number of hydrogen-bond donors (Lipinski definition) is 1. The molecule has 1 aromatic heterocycles. The second kappa shape index (κ2) is 6.80. The molecule has 8 heteroatoms. The molecule has 124 valence electrons. The summed E-state index contributed by atoms with van der Waals surface area (Å²) in [6, 6.07) is 3.67. The first kappa shape index (κ1) is 16.1. The highest BCUT2D eigenvalue weighted by molar-refractivity contribution is 7.22. The Morgan fingerprint density at radius 3 is 2.78 bits per heavy atom. The maximum absolute atomic E-state index is 11.9. The van der Waals surface area contributed by atoms with Crippen LogP contribution >= 0.6 is 22.9 Å². The summed E-state index contributed by atoms with van der Waals surface area (Å²) in [5.74, 6) is 0.729. The fourth-order valence-corrected chi connectivity index (χ4v) is 3.91. The number of nitrogens with one attached hydrogen (secondary N) is 1. The molecule has 0 radical (unpaired) electrons. The Morgan fingerprint density at radius 1 is 1.39 bits per heavy atom. The van der Waals surface area contributed by atoms with Crippen LogP contribution in [0.3, 0.4) is 0 Å². The van der Waals surface area contributed by atoms with E-state index in [4.69, 9.17) is 21.3 Å². The number of fused-ring (bicyclic) bond motifs is 1. The van der Waals surface area contributed by atoms with Gasteiger partial charge in [-0.1, -0.05) is 22.9 Å². The number of urea groups is 1. The average molecular weight is 355 g/mol. The van der Waals surface area contributed by atoms with Crippen LogP contribution in [0.15, 0.2) is 12.1 Å². The van der Waals surface area contributed by atoms with Gasteiger partial charge < -0.3 is 19.9 Å². The number of hydrogen-bond acceptors (Lipinski definition) is 5. The number of methoxy groups -OCH3 is 1. The summed E-state index contributed by atoms with van der Waals surface area (Å²) < 4.78 is 6.30. The Morgan fingerprint density at radius 2 is 2.13 bits per heavy atom. The van der Waals surface area contributed by atoms with Gasteiger partial charge in [0.25, 0.3) is 0 Å². The van der Waals surface area contributed by atoms with Crippen molar-refractivity contribution in [3.05, 3.63) is 17.2 Å². The number of piperazine rings is 1. The van der Waals surface area contributed by atoms with E-state index < -0.39 is 0 Å². The highest BCUT2D eigenvalue weighted by atomic mass is 35.5. The van der Waals surface area contributed by atoms with Crippen LogP contribution in [0.5, 0.6) is 5.75 Å². The second-order valence-electron chi connectivity index (χ2n) is 5.23. The highest BCUT2D eigenvalue weighted by Crippen LogP contribution is 2.38. The molecule has 2 aromatic rings. The summed E-state index contributed by atoms with van der Waals surface area (Å²) >= 11 is 7.84. The van der Waals surface area contributed by atoms with E-state index in [0.717, 1.165) is 34.2 Å². The van der Waals surface area contributed by atoms with E-state index in [-0.39, 0.29) is 6.03 Å². The van der Waals surface area contributed by atoms with Gasteiger partial charge in [0.05, 0.1) is 16.8 Å². The summed E-state index contributed by atoms with van der Waals surface area (Å²) in [5.41, 5.74) is 0.797. The minimum absolute atomic E-state index is 0.00108. The minimum Gasteiger partial charge on any atom is -0.494 e. The summed E-state index contributed by atoms with van der Waals surface area (Å²) in [5, 5.41) is 4.44. The fourth-order valence-electron chi connectivity index (χ4n) is 2.61. The van der Waals surface area contributed by atoms with E-state index in [0.29, 0.717) is 24.7 Å². The van der Waals surface area contributed by atoms with Crippen LogP contribution in [0.4, 0.5) is 9.93 Å². The van der Waals surface area contributed by atoms with Crippen LogP contribution in [-0.2, 0) is 0 Å². The Balaban J connectivity index is 1.77. The molecule has 2 heterocycles. The van der Waals surface area contributed by atoms with Crippen molar-refractivity contribution in [3.63, 3.8) is 0 Å². The molecule has 1 aliphatic heterocycles. The van der Waals surface area contributed by atoms with Crippen molar-refractivity contribution < 1.29 is 9.53 Å². The second-order valence-corrected chi connectivity index (χ2v) is 6.62. The maximum Gasteiger partial charge on any atom is 0.317 e. The number of amides is 2. The van der Waals surface area contributed by atoms with Crippen molar-refractivity contribution in [2.24, 2.45) is 0 Å². The zero-order chi connectivity index (χ0) is 16.4. The summed E-state index contributed by atoms with van der Waals surface area (Å²) in [4.78, 5) is 20.6. The number of carbonyl (C=O) groups is 1. The number of rotatable bonds is 3. The van der Waals surface area contributed by atoms with Gasteiger partial charge in [0.2, 0.25) is 0 Å². The lowest BCUT2D eigenvalue weighted by Crippen LogP contribution is -2.51. The third-order valence-electron chi connectivity index (χ3n) is 3.83. The molecule has 0 saturated carbocycles. The molecule has 1 N–H and O–H groups in total. The first-order valence-electron chi connectivity index (χ1n) is 7.54. The molecule has 1 aromatic carbocycles. The van der Waals surface area contributed by atoms with Gasteiger partial charge in [-0.15, -0.1) is 0 Å². The van der Waals surface area contributed by atoms with Crippen molar-refractivity contribution in [1.29, 1.82) is 0 Å². The SMILES string of the molecule is CCNC(=O)N1CCN(c2nc3c(OC)ccc(Cl)c3s2)CC1. The highest BCUT2D eigenvalue weighted by Gasteiger charge is 2.23. The van der Waals surface area contributed by atoms with Crippen LogP contribution in [-0.4, -0.2) is 55.7 Å². The number of aromatic nitrogens is 1. The van der Waals surface area contributed by atoms with Crippen LogP contribution in [0.25, 0.3) is 10.2 Å². The number of halogens is 1. The topological polar surface area (TPSA) is 57.7 Å². The Hall–Kier alpha value is -1.73. The summed E-state index contributed by atoms with van der Waals surface area (Å²) in [6.45, 7) is 5.47. The van der Waals surface area contributed by atoms with Crippen LogP contribution < -0.4 is 15.0 Å². The van der Waals surface area contributed by atoms with Crippen molar-refractivity contribution in [1.82, 2.24) is 15.2 Å². The molecular weight excluding hydrogens is 336 g/mol. The van der Waals surface area contributed by atoms with Crippen LogP contribution in [0, 0.1) is 0 Å². The van der Waals surface area contributed by atoms with E-state index in [2.05, 4.69) is 10.2 Å². The molecule has 1 fully saturated rings. The molecule has 0 aliphatic carbocycles. The third kappa shape index (κ3) is 3.16. The first-order valence-corrected chi connectivity index (χ1v) is 8.74. The van der Waals surface area contributed by atoms with E-state index >= 15 is 0 Å². The van der Waals surface area contributed by atoms with Gasteiger partial charge in [0.15, 0.2) is 5.13 Å². The molecule has 2 amide bonds. The van der Waals surface area contributed by atoms with Crippen molar-refractivity contribution >= 4 is 44.3 Å². The molecule has 1 saturated heterocycles. The molecule has 0 unspecified atom stereocenters. The normalized spacial score (nSPS) is 15.1. The maximum atomic E-state index is 11.9. The Labute approximate surface area is 144 Å². The fraction of sp³-hybridized carbons (Fsp3) is 0.467. The predicted molar refractivity (Wildman–Crippen MR) is 94.0 cm³/mol. The standard InChI is InChI=1S/C15H19ClN4O2S/c1-3-17-14(21)19-6-8-20(9-7-19)15-18-12-11(22-2)5-4-10(16)13(12)23-15/h4-5H,3,6-9H2,1-2H3,(H,17,21). The number of anilines is 1. The molecule has 6 nitrogen and oxygen atoms in total. The predicted octanol–water partition coefficient (Wildman–Crippen LogP) is 2.81. The molecule has 23 heavy (non-hydrogen) atoms. The van der Waals surface area contributed by atoms with Crippen molar-refractivity contribution in [2.75, 3.05) is 44.7 Å². The van der Waals surface area contributed by atoms with Gasteiger partial charge in [-0.25, -0.2) is 9.78 Å². The van der Waals surface area contributed by atoms with E-state index in [1.807, 2.05) is 24.0 Å². The Bertz CT molecular complexity index is 713. The van der Waals surface area contributed by atoms with Gasteiger partial charge >= 0.3 is 6.03 Å². The number of ether oxygens (including phenoxy) is 1. The third-order valence-corrected chi connectivity index (χ3v) is 5.41. The molecule has 1 aliphatic rings. The van der Waals surface area contributed by atoms with E-state index in [9.17, 15) is 4.79 Å². The van der Waals surface area contributed by atoms with Gasteiger partial charge in [-0.3, -0.25) is 0 Å². The van der Waals surface area contributed by atoms with Crippen LogP contribution in [0.1, 0.15) is 6.92 Å². The first-order chi connectivity index (χ1) is 11.1. The number of benzene rings is 1. The minimum atomic E-state index is 0.00108. The molecule has 0 spiro atoms. The zero-order valence-electron chi connectivity index (χ0n) is 13.1. The van der Waals surface area contributed by atoms with E-state index in [1.165, 1.54) is 0 Å². The van der Waals surface area contributed by atoms with Gasteiger partial charge in [0.1, 0.15) is 11.3 Å². The largest absolute Gasteiger partial charge is 0.494 e. The lowest BCUT2D eigenvalue weighted by atomic mass is 10.3. The molecular formula is C15H19ClN4O2S. The molecule has 0 bridgehead atoms. The number of thiazole rings is 1. The van der Waals surface area contributed by atoms with Crippen LogP contribution in [0.2, 0.25) is 5.02 Å². The summed E-state index contributed by atoms with van der Waals surface area (Å²) in [7, 11) is 1.63. The van der Waals surface area contributed by atoms with Gasteiger partial charge in [-0.2, -0.15) is 0 Å². The van der Waals surface area contributed by atoms with Gasteiger partial charge in [-0.05, 0) is 19.1 Å². The van der Waals surface area contributed by atoms with Crippen molar-refractivity contribution in [2.45, 2.75) is 6.92 Å². The number of carbonyl (C=O) groups excluding carboxylic acids is 1. The smallest absolute Gasteiger partial charge is 0.317 e. The Kier molecular flexibility index (Phi) is 4.77. The van der Waals surface area contributed by atoms with Crippen molar-refractivity contribution in [3.8, 4) is 5.75 Å². The average Bonchev–Trinajstić information content (AvgIpc) is 3.02.